The molecule has 2 rings (SSSR count). The number of amides is 2. The Morgan fingerprint density at radius 3 is 2.03 bits per heavy atom. The number of hydrogen-bond acceptors (Lipinski definition) is 6. The second-order valence-corrected chi connectivity index (χ2v) is 7.54. The highest BCUT2D eigenvalue weighted by Gasteiger charge is 2.41. The first kappa shape index (κ1) is 24.9. The number of carbonyl (C=O) groups is 2. The van der Waals surface area contributed by atoms with Crippen LogP contribution in [-0.2, 0) is 19.1 Å². The lowest BCUT2D eigenvalue weighted by Crippen LogP contribution is -2.38. The molecule has 1 aliphatic heterocycles. The zero-order valence-corrected chi connectivity index (χ0v) is 19.3. The molecule has 0 spiro atoms. The number of methoxy groups -OCH3 is 2. The number of imide groups is 1. The summed E-state index contributed by atoms with van der Waals surface area (Å²) in [6.07, 6.45) is 3.72. The van der Waals surface area contributed by atoms with Gasteiger partial charge in [-0.3, -0.25) is 14.5 Å². The summed E-state index contributed by atoms with van der Waals surface area (Å²) in [6, 6.07) is 7.40. The van der Waals surface area contributed by atoms with Crippen molar-refractivity contribution in [3.63, 3.8) is 0 Å². The van der Waals surface area contributed by atoms with E-state index in [1.165, 1.54) is 4.90 Å². The number of ether oxygens (including phenoxy) is 3. The van der Waals surface area contributed by atoms with E-state index in [0.29, 0.717) is 50.7 Å². The minimum absolute atomic E-state index is 0.238. The minimum Gasteiger partial charge on any atom is -0.494 e. The van der Waals surface area contributed by atoms with Crippen molar-refractivity contribution in [1.29, 1.82) is 0 Å². The van der Waals surface area contributed by atoms with Crippen molar-refractivity contribution < 1.29 is 23.8 Å². The van der Waals surface area contributed by atoms with Crippen LogP contribution in [0.5, 0.6) is 5.75 Å². The predicted octanol–water partition coefficient (Wildman–Crippen LogP) is 3.34. The summed E-state index contributed by atoms with van der Waals surface area (Å²) < 4.78 is 16.2. The third-order valence-electron chi connectivity index (χ3n) is 5.19. The van der Waals surface area contributed by atoms with Gasteiger partial charge in [-0.15, -0.1) is 0 Å². The van der Waals surface area contributed by atoms with Gasteiger partial charge in [-0.1, -0.05) is 38.8 Å². The number of rotatable bonds is 15. The first-order valence-electron chi connectivity index (χ1n) is 11.1. The summed E-state index contributed by atoms with van der Waals surface area (Å²) in [5.74, 6) is 0.271. The van der Waals surface area contributed by atoms with Crippen molar-refractivity contribution in [3.05, 3.63) is 35.5 Å². The van der Waals surface area contributed by atoms with Gasteiger partial charge < -0.3 is 19.1 Å². The van der Waals surface area contributed by atoms with Crippen molar-refractivity contribution >= 4 is 17.4 Å². The standard InChI is InChI=1S/C24H36N2O5/c1-5-7-8-13-26-23(27)21(19-9-11-20(12-10-19)31-16-6-2)22(24(26)28)25(14-17-29-3)15-18-30-4/h9-12H,5-8,13-18H2,1-4H3. The Morgan fingerprint density at radius 1 is 0.839 bits per heavy atom. The molecule has 0 saturated carbocycles. The summed E-state index contributed by atoms with van der Waals surface area (Å²) in [4.78, 5) is 30.0. The van der Waals surface area contributed by atoms with Gasteiger partial charge in [-0.2, -0.15) is 0 Å². The summed E-state index contributed by atoms with van der Waals surface area (Å²) in [5, 5.41) is 0. The van der Waals surface area contributed by atoms with Crippen LogP contribution >= 0.6 is 0 Å². The van der Waals surface area contributed by atoms with E-state index in [1.807, 2.05) is 29.2 Å². The van der Waals surface area contributed by atoms with Gasteiger partial charge in [-0.25, -0.2) is 0 Å². The van der Waals surface area contributed by atoms with E-state index in [1.54, 1.807) is 14.2 Å². The second-order valence-electron chi connectivity index (χ2n) is 7.54. The third-order valence-corrected chi connectivity index (χ3v) is 5.19. The maximum atomic E-state index is 13.4. The summed E-state index contributed by atoms with van der Waals surface area (Å²) >= 11 is 0. The molecule has 0 aliphatic carbocycles. The van der Waals surface area contributed by atoms with Gasteiger partial charge in [0.05, 0.1) is 25.4 Å². The van der Waals surface area contributed by atoms with Gasteiger partial charge in [0.2, 0.25) is 0 Å². The molecule has 1 aromatic carbocycles. The molecule has 0 radical (unpaired) electrons. The van der Waals surface area contributed by atoms with E-state index in [0.717, 1.165) is 37.0 Å². The Bertz CT molecular complexity index is 737. The predicted molar refractivity (Wildman–Crippen MR) is 121 cm³/mol. The first-order chi connectivity index (χ1) is 15.1. The maximum absolute atomic E-state index is 13.4. The zero-order valence-electron chi connectivity index (χ0n) is 19.3. The zero-order chi connectivity index (χ0) is 22.6. The number of hydrogen-bond donors (Lipinski definition) is 0. The Balaban J connectivity index is 2.42. The van der Waals surface area contributed by atoms with E-state index in [2.05, 4.69) is 13.8 Å². The van der Waals surface area contributed by atoms with E-state index in [4.69, 9.17) is 14.2 Å². The lowest BCUT2D eigenvalue weighted by atomic mass is 10.0. The highest BCUT2D eigenvalue weighted by molar-refractivity contribution is 6.35. The summed E-state index contributed by atoms with van der Waals surface area (Å²) in [7, 11) is 3.25. The van der Waals surface area contributed by atoms with Gasteiger partial charge in [0.15, 0.2) is 0 Å². The number of carbonyl (C=O) groups excluding carboxylic acids is 2. The molecule has 2 amide bonds. The van der Waals surface area contributed by atoms with E-state index >= 15 is 0 Å². The molecular weight excluding hydrogens is 396 g/mol. The topological polar surface area (TPSA) is 68.3 Å². The number of unbranched alkanes of at least 4 members (excludes halogenated alkanes) is 2. The smallest absolute Gasteiger partial charge is 0.277 e. The fourth-order valence-electron chi connectivity index (χ4n) is 3.52. The number of nitrogens with zero attached hydrogens (tertiary/aromatic N) is 2. The van der Waals surface area contributed by atoms with E-state index in [-0.39, 0.29) is 11.8 Å². The molecular formula is C24H36N2O5. The fourth-order valence-corrected chi connectivity index (χ4v) is 3.52. The normalized spacial score (nSPS) is 14.0. The second kappa shape index (κ2) is 13.1. The molecule has 31 heavy (non-hydrogen) atoms. The molecule has 1 heterocycles. The average Bonchev–Trinajstić information content (AvgIpc) is 3.03. The Hall–Kier alpha value is -2.38. The summed E-state index contributed by atoms with van der Waals surface area (Å²) in [5.41, 5.74) is 1.59. The van der Waals surface area contributed by atoms with Crippen molar-refractivity contribution in [3.8, 4) is 5.75 Å². The molecule has 0 N–H and O–H groups in total. The van der Waals surface area contributed by atoms with Gasteiger partial charge in [0.1, 0.15) is 11.4 Å². The van der Waals surface area contributed by atoms with Crippen LogP contribution in [0.4, 0.5) is 0 Å². The Kier molecular flexibility index (Phi) is 10.5. The maximum Gasteiger partial charge on any atom is 0.277 e. The molecule has 0 saturated heterocycles. The molecule has 0 unspecified atom stereocenters. The van der Waals surface area contributed by atoms with Crippen molar-refractivity contribution in [2.24, 2.45) is 0 Å². The third kappa shape index (κ3) is 6.55. The molecule has 0 atom stereocenters. The molecule has 0 fully saturated rings. The lowest BCUT2D eigenvalue weighted by Gasteiger charge is -2.25. The van der Waals surface area contributed by atoms with Crippen LogP contribution in [0.3, 0.4) is 0 Å². The van der Waals surface area contributed by atoms with Crippen molar-refractivity contribution in [2.45, 2.75) is 39.5 Å². The summed E-state index contributed by atoms with van der Waals surface area (Å²) in [6.45, 7) is 7.11. The molecule has 7 nitrogen and oxygen atoms in total. The molecule has 0 bridgehead atoms. The SMILES string of the molecule is CCCCCN1C(=O)C(c2ccc(OCCC)cc2)=C(N(CCOC)CCOC)C1=O. The van der Waals surface area contributed by atoms with Crippen LogP contribution in [-0.4, -0.2) is 75.3 Å². The molecule has 1 aliphatic rings. The Morgan fingerprint density at radius 2 is 1.48 bits per heavy atom. The van der Waals surface area contributed by atoms with Gasteiger partial charge in [0.25, 0.3) is 11.8 Å². The van der Waals surface area contributed by atoms with Crippen LogP contribution in [0, 0.1) is 0 Å². The van der Waals surface area contributed by atoms with Gasteiger partial charge in [-0.05, 0) is 30.5 Å². The van der Waals surface area contributed by atoms with Gasteiger partial charge in [0, 0.05) is 33.9 Å². The number of benzene rings is 1. The van der Waals surface area contributed by atoms with Crippen LogP contribution in [0.15, 0.2) is 30.0 Å². The van der Waals surface area contributed by atoms with Gasteiger partial charge >= 0.3 is 0 Å². The van der Waals surface area contributed by atoms with E-state index < -0.39 is 0 Å². The highest BCUT2D eigenvalue weighted by atomic mass is 16.5. The monoisotopic (exact) mass is 432 g/mol. The molecule has 7 heteroatoms. The first-order valence-corrected chi connectivity index (χ1v) is 11.1. The quantitative estimate of drug-likeness (QED) is 0.313. The fraction of sp³-hybridized carbons (Fsp3) is 0.583. The van der Waals surface area contributed by atoms with Crippen LogP contribution < -0.4 is 4.74 Å². The lowest BCUT2D eigenvalue weighted by molar-refractivity contribution is -0.137. The molecule has 1 aromatic rings. The average molecular weight is 433 g/mol. The van der Waals surface area contributed by atoms with Crippen molar-refractivity contribution in [2.75, 3.05) is 53.7 Å². The molecule has 172 valence electrons. The minimum atomic E-state index is -0.241. The molecule has 0 aromatic heterocycles. The van der Waals surface area contributed by atoms with E-state index in [9.17, 15) is 9.59 Å². The van der Waals surface area contributed by atoms with Crippen LogP contribution in [0.25, 0.3) is 5.57 Å². The largest absolute Gasteiger partial charge is 0.494 e. The Labute approximate surface area is 185 Å². The highest BCUT2D eigenvalue weighted by Crippen LogP contribution is 2.32. The van der Waals surface area contributed by atoms with Crippen molar-refractivity contribution in [1.82, 2.24) is 9.80 Å². The van der Waals surface area contributed by atoms with Crippen LogP contribution in [0.2, 0.25) is 0 Å². The van der Waals surface area contributed by atoms with Crippen LogP contribution in [0.1, 0.15) is 45.1 Å².